The van der Waals surface area contributed by atoms with Crippen LogP contribution in [0, 0.1) is 5.82 Å². The second-order valence-corrected chi connectivity index (χ2v) is 7.24. The molecule has 134 valence electrons. The first-order valence-electron chi connectivity index (χ1n) is 8.25. The summed E-state index contributed by atoms with van der Waals surface area (Å²) in [6.07, 6.45) is 2.03. The third-order valence-electron chi connectivity index (χ3n) is 3.95. The molecule has 8 heteroatoms. The standard InChI is InChI=1S/C17H21FN4O2S/c1-11(16(23)19-9-10-24-2)25-17-21-20-15(22(17)12-7-8-12)13-5-3-4-6-14(13)18/h3-6,11-12H,7-10H2,1-2H3,(H,19,23)/t11-/m1/s1. The topological polar surface area (TPSA) is 69.0 Å². The van der Waals surface area contributed by atoms with Crippen molar-refractivity contribution in [2.45, 2.75) is 36.2 Å². The second-order valence-electron chi connectivity index (χ2n) is 5.93. The van der Waals surface area contributed by atoms with E-state index in [0.29, 0.717) is 29.7 Å². The molecule has 0 unspecified atom stereocenters. The Morgan fingerprint density at radius 3 is 2.88 bits per heavy atom. The summed E-state index contributed by atoms with van der Waals surface area (Å²) >= 11 is 1.34. The molecule has 1 heterocycles. The molecule has 1 aliphatic rings. The SMILES string of the molecule is COCCNC(=O)[C@@H](C)Sc1nnc(-c2ccccc2F)n1C1CC1. The van der Waals surface area contributed by atoms with E-state index in [4.69, 9.17) is 4.74 Å². The molecular formula is C17H21FN4O2S. The Labute approximate surface area is 150 Å². The summed E-state index contributed by atoms with van der Waals surface area (Å²) in [5, 5.41) is 11.5. The van der Waals surface area contributed by atoms with Crippen LogP contribution in [-0.4, -0.2) is 46.2 Å². The van der Waals surface area contributed by atoms with E-state index >= 15 is 0 Å². The monoisotopic (exact) mass is 364 g/mol. The molecule has 6 nitrogen and oxygen atoms in total. The summed E-state index contributed by atoms with van der Waals surface area (Å²) in [5.41, 5.74) is 0.436. The number of nitrogens with one attached hydrogen (secondary N) is 1. The Morgan fingerprint density at radius 1 is 1.44 bits per heavy atom. The minimum Gasteiger partial charge on any atom is -0.383 e. The summed E-state index contributed by atoms with van der Waals surface area (Å²) in [5.74, 6) is 0.119. The van der Waals surface area contributed by atoms with E-state index in [1.54, 1.807) is 25.3 Å². The van der Waals surface area contributed by atoms with Gasteiger partial charge < -0.3 is 10.1 Å². The number of ether oxygens (including phenoxy) is 1. The van der Waals surface area contributed by atoms with Crippen molar-refractivity contribution < 1.29 is 13.9 Å². The molecule has 1 aromatic heterocycles. The minimum absolute atomic E-state index is 0.0835. The molecule has 1 atom stereocenters. The molecule has 0 spiro atoms. The fourth-order valence-electron chi connectivity index (χ4n) is 2.48. The quantitative estimate of drug-likeness (QED) is 0.576. The van der Waals surface area contributed by atoms with Crippen LogP contribution in [0.1, 0.15) is 25.8 Å². The van der Waals surface area contributed by atoms with Gasteiger partial charge in [0.05, 0.1) is 17.4 Å². The zero-order valence-electron chi connectivity index (χ0n) is 14.2. The maximum Gasteiger partial charge on any atom is 0.233 e. The van der Waals surface area contributed by atoms with Crippen molar-refractivity contribution in [3.63, 3.8) is 0 Å². The van der Waals surface area contributed by atoms with Crippen LogP contribution in [0.15, 0.2) is 29.4 Å². The van der Waals surface area contributed by atoms with Crippen LogP contribution in [0.5, 0.6) is 0 Å². The fourth-order valence-corrected chi connectivity index (χ4v) is 3.42. The molecular weight excluding hydrogens is 343 g/mol. The number of carbonyl (C=O) groups is 1. The van der Waals surface area contributed by atoms with E-state index in [0.717, 1.165) is 12.8 Å². The van der Waals surface area contributed by atoms with Gasteiger partial charge in [-0.2, -0.15) is 0 Å². The van der Waals surface area contributed by atoms with Crippen molar-refractivity contribution in [3.8, 4) is 11.4 Å². The Kier molecular flexibility index (Phi) is 5.70. The first-order chi connectivity index (χ1) is 12.1. The van der Waals surface area contributed by atoms with Crippen LogP contribution in [0.3, 0.4) is 0 Å². The highest BCUT2D eigenvalue weighted by Crippen LogP contribution is 2.42. The molecule has 1 aliphatic carbocycles. The molecule has 3 rings (SSSR count). The number of carbonyl (C=O) groups excluding carboxylic acids is 1. The number of hydrogen-bond acceptors (Lipinski definition) is 5. The molecule has 1 saturated carbocycles. The summed E-state index contributed by atoms with van der Waals surface area (Å²) in [6, 6.07) is 6.82. The molecule has 0 bridgehead atoms. The molecule has 1 fully saturated rings. The van der Waals surface area contributed by atoms with E-state index in [1.807, 2.05) is 11.5 Å². The Morgan fingerprint density at radius 2 is 2.20 bits per heavy atom. The Hall–Kier alpha value is -1.93. The smallest absolute Gasteiger partial charge is 0.233 e. The van der Waals surface area contributed by atoms with Gasteiger partial charge in [0.15, 0.2) is 11.0 Å². The van der Waals surface area contributed by atoms with Gasteiger partial charge in [0, 0.05) is 19.7 Å². The van der Waals surface area contributed by atoms with E-state index in [-0.39, 0.29) is 23.0 Å². The molecule has 1 aromatic carbocycles. The van der Waals surface area contributed by atoms with Crippen molar-refractivity contribution in [1.82, 2.24) is 20.1 Å². The van der Waals surface area contributed by atoms with E-state index < -0.39 is 0 Å². The lowest BCUT2D eigenvalue weighted by atomic mass is 10.2. The number of thioether (sulfide) groups is 1. The summed E-state index contributed by atoms with van der Waals surface area (Å²) in [6.45, 7) is 2.76. The molecule has 1 N–H and O–H groups in total. The van der Waals surface area contributed by atoms with E-state index in [9.17, 15) is 9.18 Å². The van der Waals surface area contributed by atoms with Crippen molar-refractivity contribution in [2.24, 2.45) is 0 Å². The number of hydrogen-bond donors (Lipinski definition) is 1. The summed E-state index contributed by atoms with van der Waals surface area (Å²) < 4.78 is 21.0. The van der Waals surface area contributed by atoms with E-state index in [2.05, 4.69) is 15.5 Å². The lowest BCUT2D eigenvalue weighted by Crippen LogP contribution is -2.33. The highest BCUT2D eigenvalue weighted by atomic mass is 32.2. The van der Waals surface area contributed by atoms with Gasteiger partial charge in [0.25, 0.3) is 0 Å². The third kappa shape index (κ3) is 4.19. The third-order valence-corrected chi connectivity index (χ3v) is 5.00. The van der Waals surface area contributed by atoms with Crippen molar-refractivity contribution in [1.29, 1.82) is 0 Å². The first kappa shape index (κ1) is 17.9. The van der Waals surface area contributed by atoms with Crippen LogP contribution < -0.4 is 5.32 Å². The Balaban J connectivity index is 1.79. The number of methoxy groups -OCH3 is 1. The number of aromatic nitrogens is 3. The molecule has 25 heavy (non-hydrogen) atoms. The van der Waals surface area contributed by atoms with Gasteiger partial charge in [0.2, 0.25) is 5.91 Å². The molecule has 0 aliphatic heterocycles. The number of benzene rings is 1. The van der Waals surface area contributed by atoms with Gasteiger partial charge in [-0.3, -0.25) is 9.36 Å². The number of amides is 1. The lowest BCUT2D eigenvalue weighted by Gasteiger charge is -2.13. The molecule has 0 saturated heterocycles. The van der Waals surface area contributed by atoms with Gasteiger partial charge in [-0.05, 0) is 31.9 Å². The van der Waals surface area contributed by atoms with Crippen LogP contribution in [-0.2, 0) is 9.53 Å². The van der Waals surface area contributed by atoms with Crippen molar-refractivity contribution in [3.05, 3.63) is 30.1 Å². The van der Waals surface area contributed by atoms with Gasteiger partial charge in [-0.15, -0.1) is 10.2 Å². The minimum atomic E-state index is -0.327. The van der Waals surface area contributed by atoms with Crippen LogP contribution >= 0.6 is 11.8 Å². The maximum absolute atomic E-state index is 14.1. The average molecular weight is 364 g/mol. The summed E-state index contributed by atoms with van der Waals surface area (Å²) in [4.78, 5) is 12.1. The van der Waals surface area contributed by atoms with Crippen LogP contribution in [0.2, 0.25) is 0 Å². The zero-order valence-corrected chi connectivity index (χ0v) is 15.1. The highest BCUT2D eigenvalue weighted by molar-refractivity contribution is 8.00. The van der Waals surface area contributed by atoms with Crippen LogP contribution in [0.25, 0.3) is 11.4 Å². The van der Waals surface area contributed by atoms with Crippen LogP contribution in [0.4, 0.5) is 4.39 Å². The lowest BCUT2D eigenvalue weighted by molar-refractivity contribution is -0.120. The number of rotatable bonds is 8. The fraction of sp³-hybridized carbons (Fsp3) is 0.471. The largest absolute Gasteiger partial charge is 0.383 e. The predicted octanol–water partition coefficient (Wildman–Crippen LogP) is 2.66. The van der Waals surface area contributed by atoms with Gasteiger partial charge >= 0.3 is 0 Å². The first-order valence-corrected chi connectivity index (χ1v) is 9.13. The normalized spacial score (nSPS) is 15.2. The van der Waals surface area contributed by atoms with Crippen molar-refractivity contribution in [2.75, 3.05) is 20.3 Å². The van der Waals surface area contributed by atoms with E-state index in [1.165, 1.54) is 17.8 Å². The number of halogens is 1. The molecule has 0 radical (unpaired) electrons. The average Bonchev–Trinajstić information content (AvgIpc) is 3.36. The zero-order chi connectivity index (χ0) is 17.8. The number of nitrogens with zero attached hydrogens (tertiary/aromatic N) is 3. The summed E-state index contributed by atoms with van der Waals surface area (Å²) in [7, 11) is 1.59. The highest BCUT2D eigenvalue weighted by Gasteiger charge is 2.32. The molecule has 1 amide bonds. The predicted molar refractivity (Wildman–Crippen MR) is 93.9 cm³/mol. The van der Waals surface area contributed by atoms with Gasteiger partial charge in [-0.1, -0.05) is 23.9 Å². The maximum atomic E-state index is 14.1. The van der Waals surface area contributed by atoms with Gasteiger partial charge in [0.1, 0.15) is 5.82 Å². The van der Waals surface area contributed by atoms with Gasteiger partial charge in [-0.25, -0.2) is 4.39 Å². The Bertz CT molecular complexity index is 748. The van der Waals surface area contributed by atoms with Crippen molar-refractivity contribution >= 4 is 17.7 Å². The molecule has 2 aromatic rings. The second kappa shape index (κ2) is 7.97.